The predicted molar refractivity (Wildman–Crippen MR) is 60.5 cm³/mol. The highest BCUT2D eigenvalue weighted by Crippen LogP contribution is 2.50. The molecule has 5 atom stereocenters. The summed E-state index contributed by atoms with van der Waals surface area (Å²) in [6.07, 6.45) is 8.17. The average Bonchev–Trinajstić information content (AvgIpc) is 2.83. The van der Waals surface area contributed by atoms with Crippen molar-refractivity contribution in [3.8, 4) is 0 Å². The van der Waals surface area contributed by atoms with Crippen LogP contribution in [0.2, 0.25) is 0 Å². The van der Waals surface area contributed by atoms with Crippen LogP contribution in [-0.4, -0.2) is 24.3 Å². The maximum absolute atomic E-state index is 9.96. The van der Waals surface area contributed by atoms with Crippen molar-refractivity contribution in [3.05, 3.63) is 0 Å². The highest BCUT2D eigenvalue weighted by molar-refractivity contribution is 4.92. The van der Waals surface area contributed by atoms with E-state index in [0.29, 0.717) is 5.92 Å². The third-order valence-corrected chi connectivity index (χ3v) is 5.06. The summed E-state index contributed by atoms with van der Waals surface area (Å²) < 4.78 is 0. The van der Waals surface area contributed by atoms with Crippen molar-refractivity contribution in [2.24, 2.45) is 23.7 Å². The SMILES string of the molecule is OC1CCNCC1CC1CC2CCC1C2. The van der Waals surface area contributed by atoms with Crippen molar-refractivity contribution < 1.29 is 5.11 Å². The Morgan fingerprint density at radius 2 is 2.00 bits per heavy atom. The van der Waals surface area contributed by atoms with Crippen LogP contribution >= 0.6 is 0 Å². The van der Waals surface area contributed by atoms with Gasteiger partial charge in [0.2, 0.25) is 0 Å². The molecule has 3 fully saturated rings. The van der Waals surface area contributed by atoms with Gasteiger partial charge in [-0.25, -0.2) is 0 Å². The Morgan fingerprint density at radius 1 is 1.07 bits per heavy atom. The Bertz CT molecular complexity index is 231. The minimum Gasteiger partial charge on any atom is -0.393 e. The Hall–Kier alpha value is -0.0800. The molecule has 86 valence electrons. The van der Waals surface area contributed by atoms with Crippen molar-refractivity contribution in [1.82, 2.24) is 5.32 Å². The van der Waals surface area contributed by atoms with Gasteiger partial charge in [-0.15, -0.1) is 0 Å². The molecule has 0 amide bonds. The number of piperidine rings is 1. The standard InChI is InChI=1S/C13H23NO/c15-13-3-4-14-8-12(13)7-11-6-9-1-2-10(11)5-9/h9-15H,1-8H2. The summed E-state index contributed by atoms with van der Waals surface area (Å²) >= 11 is 0. The van der Waals surface area contributed by atoms with Crippen LogP contribution in [0.5, 0.6) is 0 Å². The molecule has 2 bridgehead atoms. The van der Waals surface area contributed by atoms with Crippen LogP contribution in [-0.2, 0) is 0 Å². The lowest BCUT2D eigenvalue weighted by atomic mass is 9.79. The van der Waals surface area contributed by atoms with Crippen molar-refractivity contribution >= 4 is 0 Å². The second-order valence-corrected chi connectivity index (χ2v) is 5.99. The van der Waals surface area contributed by atoms with E-state index >= 15 is 0 Å². The first kappa shape index (κ1) is 10.1. The Balaban J connectivity index is 1.56. The van der Waals surface area contributed by atoms with E-state index in [1.54, 1.807) is 0 Å². The molecule has 3 aliphatic rings. The van der Waals surface area contributed by atoms with Gasteiger partial charge in [-0.1, -0.05) is 6.42 Å². The van der Waals surface area contributed by atoms with Gasteiger partial charge in [0.1, 0.15) is 0 Å². The zero-order valence-electron chi connectivity index (χ0n) is 9.49. The van der Waals surface area contributed by atoms with Crippen LogP contribution in [0.1, 0.15) is 38.5 Å². The first-order chi connectivity index (χ1) is 7.33. The molecule has 1 heterocycles. The lowest BCUT2D eigenvalue weighted by Crippen LogP contribution is -2.41. The fourth-order valence-corrected chi connectivity index (χ4v) is 4.20. The number of fused-ring (bicyclic) bond motifs is 2. The van der Waals surface area contributed by atoms with Crippen LogP contribution in [0.3, 0.4) is 0 Å². The fourth-order valence-electron chi connectivity index (χ4n) is 4.20. The molecule has 5 unspecified atom stereocenters. The van der Waals surface area contributed by atoms with E-state index in [1.165, 1.54) is 32.1 Å². The topological polar surface area (TPSA) is 32.3 Å². The zero-order chi connectivity index (χ0) is 10.3. The first-order valence-electron chi connectivity index (χ1n) is 6.71. The van der Waals surface area contributed by atoms with Crippen molar-refractivity contribution in [2.45, 2.75) is 44.6 Å². The summed E-state index contributed by atoms with van der Waals surface area (Å²) in [4.78, 5) is 0. The lowest BCUT2D eigenvalue weighted by molar-refractivity contribution is 0.0590. The minimum absolute atomic E-state index is 0.0228. The normalized spacial score (nSPS) is 49.8. The molecule has 0 aromatic carbocycles. The molecule has 0 radical (unpaired) electrons. The van der Waals surface area contributed by atoms with Gasteiger partial charge in [0.25, 0.3) is 0 Å². The average molecular weight is 209 g/mol. The monoisotopic (exact) mass is 209 g/mol. The second kappa shape index (κ2) is 4.06. The molecule has 15 heavy (non-hydrogen) atoms. The van der Waals surface area contributed by atoms with E-state index in [9.17, 15) is 5.11 Å². The molecule has 2 heteroatoms. The largest absolute Gasteiger partial charge is 0.393 e. The highest BCUT2D eigenvalue weighted by atomic mass is 16.3. The maximum atomic E-state index is 9.96. The highest BCUT2D eigenvalue weighted by Gasteiger charge is 2.41. The van der Waals surface area contributed by atoms with Crippen molar-refractivity contribution in [2.75, 3.05) is 13.1 Å². The number of hydrogen-bond donors (Lipinski definition) is 2. The van der Waals surface area contributed by atoms with Gasteiger partial charge in [0, 0.05) is 6.54 Å². The van der Waals surface area contributed by atoms with Gasteiger partial charge in [-0.3, -0.25) is 0 Å². The summed E-state index contributed by atoms with van der Waals surface area (Å²) in [6.45, 7) is 2.06. The van der Waals surface area contributed by atoms with Crippen LogP contribution in [0.4, 0.5) is 0 Å². The van der Waals surface area contributed by atoms with Gasteiger partial charge in [0.15, 0.2) is 0 Å². The molecule has 3 rings (SSSR count). The van der Waals surface area contributed by atoms with Gasteiger partial charge in [0.05, 0.1) is 6.10 Å². The molecule has 1 saturated heterocycles. The Labute approximate surface area is 92.4 Å². The second-order valence-electron chi connectivity index (χ2n) is 5.99. The van der Waals surface area contributed by atoms with Crippen LogP contribution < -0.4 is 5.32 Å². The first-order valence-corrected chi connectivity index (χ1v) is 6.71. The Morgan fingerprint density at radius 3 is 2.67 bits per heavy atom. The molecular weight excluding hydrogens is 186 g/mol. The fraction of sp³-hybridized carbons (Fsp3) is 1.00. The summed E-state index contributed by atoms with van der Waals surface area (Å²) in [5, 5.41) is 13.4. The lowest BCUT2D eigenvalue weighted by Gasteiger charge is -2.32. The molecule has 0 aromatic heterocycles. The van der Waals surface area contributed by atoms with Crippen molar-refractivity contribution in [3.63, 3.8) is 0 Å². The minimum atomic E-state index is -0.0228. The van der Waals surface area contributed by atoms with Crippen molar-refractivity contribution in [1.29, 1.82) is 0 Å². The number of hydrogen-bond acceptors (Lipinski definition) is 2. The third-order valence-electron chi connectivity index (χ3n) is 5.06. The molecule has 2 saturated carbocycles. The van der Waals surface area contributed by atoms with Gasteiger partial charge >= 0.3 is 0 Å². The van der Waals surface area contributed by atoms with Crippen LogP contribution in [0.25, 0.3) is 0 Å². The third kappa shape index (κ3) is 1.94. The molecule has 1 aliphatic heterocycles. The summed E-state index contributed by atoms with van der Waals surface area (Å²) in [5.41, 5.74) is 0. The predicted octanol–water partition coefficient (Wildman–Crippen LogP) is 1.78. The number of nitrogens with one attached hydrogen (secondary N) is 1. The quantitative estimate of drug-likeness (QED) is 0.726. The van der Waals surface area contributed by atoms with Crippen LogP contribution in [0.15, 0.2) is 0 Å². The number of aliphatic hydroxyl groups is 1. The van der Waals surface area contributed by atoms with Gasteiger partial charge in [-0.05, 0) is 62.3 Å². The summed E-state index contributed by atoms with van der Waals surface area (Å²) in [7, 11) is 0. The molecule has 0 spiro atoms. The zero-order valence-corrected chi connectivity index (χ0v) is 9.49. The van der Waals surface area contributed by atoms with E-state index in [4.69, 9.17) is 0 Å². The summed E-state index contributed by atoms with van der Waals surface area (Å²) in [5.74, 6) is 3.56. The molecule has 2 aliphatic carbocycles. The number of rotatable bonds is 2. The molecular formula is C13H23NO. The van der Waals surface area contributed by atoms with Gasteiger partial charge in [-0.2, -0.15) is 0 Å². The van der Waals surface area contributed by atoms with E-state index in [2.05, 4.69) is 5.32 Å². The van der Waals surface area contributed by atoms with Crippen LogP contribution in [0, 0.1) is 23.7 Å². The van der Waals surface area contributed by atoms with Gasteiger partial charge < -0.3 is 10.4 Å². The molecule has 2 N–H and O–H groups in total. The smallest absolute Gasteiger partial charge is 0.0592 e. The van der Waals surface area contributed by atoms with E-state index < -0.39 is 0 Å². The molecule has 2 nitrogen and oxygen atoms in total. The maximum Gasteiger partial charge on any atom is 0.0592 e. The Kier molecular flexibility index (Phi) is 2.73. The molecule has 0 aromatic rings. The van der Waals surface area contributed by atoms with E-state index in [0.717, 1.165) is 37.3 Å². The number of aliphatic hydroxyl groups excluding tert-OH is 1. The summed E-state index contributed by atoms with van der Waals surface area (Å²) in [6, 6.07) is 0. The van der Waals surface area contributed by atoms with E-state index in [-0.39, 0.29) is 6.10 Å². The van der Waals surface area contributed by atoms with E-state index in [1.807, 2.05) is 0 Å².